The summed E-state index contributed by atoms with van der Waals surface area (Å²) in [6.45, 7) is 10.3. The standard InChI is InChI=1S/C22H23NO2/c1-13-6-11-18-17(12-13)19(21(24)25)14(2)20(23-18)15-7-9-16(10-8-15)22(3,4)5/h6-12H,1-5H3,(H,24,25). The first-order valence-corrected chi connectivity index (χ1v) is 8.43. The molecule has 0 atom stereocenters. The van der Waals surface area contributed by atoms with Crippen molar-refractivity contribution in [3.63, 3.8) is 0 Å². The van der Waals surface area contributed by atoms with Crippen LogP contribution in [0.2, 0.25) is 0 Å². The zero-order chi connectivity index (χ0) is 18.4. The Morgan fingerprint density at radius 2 is 1.64 bits per heavy atom. The molecule has 0 aliphatic carbocycles. The van der Waals surface area contributed by atoms with Crippen molar-refractivity contribution in [1.82, 2.24) is 4.98 Å². The number of carboxylic acids is 1. The molecule has 3 rings (SSSR count). The fraction of sp³-hybridized carbons (Fsp3) is 0.273. The second-order valence-corrected chi connectivity index (χ2v) is 7.61. The third kappa shape index (κ3) is 3.14. The van der Waals surface area contributed by atoms with Gasteiger partial charge in [-0.1, -0.05) is 56.7 Å². The van der Waals surface area contributed by atoms with Crippen molar-refractivity contribution in [1.29, 1.82) is 0 Å². The van der Waals surface area contributed by atoms with E-state index in [4.69, 9.17) is 4.98 Å². The minimum atomic E-state index is -0.914. The van der Waals surface area contributed by atoms with E-state index >= 15 is 0 Å². The minimum absolute atomic E-state index is 0.0775. The van der Waals surface area contributed by atoms with Crippen LogP contribution in [-0.2, 0) is 5.41 Å². The van der Waals surface area contributed by atoms with Gasteiger partial charge in [-0.15, -0.1) is 0 Å². The van der Waals surface area contributed by atoms with E-state index in [1.54, 1.807) is 0 Å². The minimum Gasteiger partial charge on any atom is -0.478 e. The lowest BCUT2D eigenvalue weighted by Gasteiger charge is -2.19. The van der Waals surface area contributed by atoms with E-state index in [2.05, 4.69) is 32.9 Å². The van der Waals surface area contributed by atoms with Crippen molar-refractivity contribution in [2.24, 2.45) is 0 Å². The molecule has 0 spiro atoms. The lowest BCUT2D eigenvalue weighted by Crippen LogP contribution is -2.10. The van der Waals surface area contributed by atoms with Gasteiger partial charge in [-0.3, -0.25) is 0 Å². The first-order valence-electron chi connectivity index (χ1n) is 8.43. The maximum atomic E-state index is 11.9. The predicted molar refractivity (Wildman–Crippen MR) is 102 cm³/mol. The SMILES string of the molecule is Cc1ccc2nc(-c3ccc(C(C)(C)C)cc3)c(C)c(C(=O)O)c2c1. The number of hydrogen-bond acceptors (Lipinski definition) is 2. The molecule has 3 heteroatoms. The van der Waals surface area contributed by atoms with Gasteiger partial charge in [-0.05, 0) is 42.5 Å². The highest BCUT2D eigenvalue weighted by Gasteiger charge is 2.19. The molecule has 0 amide bonds. The first-order chi connectivity index (χ1) is 11.7. The van der Waals surface area contributed by atoms with E-state index in [9.17, 15) is 9.90 Å². The molecule has 0 aliphatic heterocycles. The van der Waals surface area contributed by atoms with Crippen LogP contribution in [0, 0.1) is 13.8 Å². The third-order valence-corrected chi connectivity index (χ3v) is 4.62. The highest BCUT2D eigenvalue weighted by atomic mass is 16.4. The number of pyridine rings is 1. The number of hydrogen-bond donors (Lipinski definition) is 1. The molecule has 1 aromatic heterocycles. The third-order valence-electron chi connectivity index (χ3n) is 4.62. The molecule has 25 heavy (non-hydrogen) atoms. The highest BCUT2D eigenvalue weighted by molar-refractivity contribution is 6.05. The Kier molecular flexibility index (Phi) is 4.11. The summed E-state index contributed by atoms with van der Waals surface area (Å²) in [7, 11) is 0. The van der Waals surface area contributed by atoms with Crippen LogP contribution in [0.3, 0.4) is 0 Å². The number of carboxylic acid groups (broad SMARTS) is 1. The van der Waals surface area contributed by atoms with Crippen LogP contribution < -0.4 is 0 Å². The fourth-order valence-corrected chi connectivity index (χ4v) is 3.16. The molecular formula is C22H23NO2. The van der Waals surface area contributed by atoms with Crippen LogP contribution in [0.4, 0.5) is 0 Å². The maximum absolute atomic E-state index is 11.9. The molecule has 0 bridgehead atoms. The summed E-state index contributed by atoms with van der Waals surface area (Å²) in [5, 5.41) is 10.4. The fourth-order valence-electron chi connectivity index (χ4n) is 3.16. The predicted octanol–water partition coefficient (Wildman–Crippen LogP) is 5.51. The number of rotatable bonds is 2. The van der Waals surface area contributed by atoms with E-state index in [0.29, 0.717) is 22.0 Å². The number of benzene rings is 2. The molecule has 0 unspecified atom stereocenters. The van der Waals surface area contributed by atoms with Gasteiger partial charge in [-0.25, -0.2) is 9.78 Å². The summed E-state index contributed by atoms with van der Waals surface area (Å²) in [5.41, 5.74) is 5.77. The number of aromatic carboxylic acids is 1. The Bertz CT molecular complexity index is 964. The molecule has 0 saturated carbocycles. The average molecular weight is 333 g/mol. The van der Waals surface area contributed by atoms with Crippen molar-refractivity contribution in [3.05, 3.63) is 64.7 Å². The van der Waals surface area contributed by atoms with Gasteiger partial charge in [0.15, 0.2) is 0 Å². The molecule has 0 saturated heterocycles. The normalized spacial score (nSPS) is 11.7. The van der Waals surface area contributed by atoms with Crippen molar-refractivity contribution < 1.29 is 9.90 Å². The number of aromatic nitrogens is 1. The lowest BCUT2D eigenvalue weighted by molar-refractivity contribution is 0.0698. The molecular weight excluding hydrogens is 310 g/mol. The molecule has 1 heterocycles. The number of nitrogens with zero attached hydrogens (tertiary/aromatic N) is 1. The van der Waals surface area contributed by atoms with E-state index in [-0.39, 0.29) is 5.41 Å². The smallest absolute Gasteiger partial charge is 0.336 e. The van der Waals surface area contributed by atoms with Gasteiger partial charge in [-0.2, -0.15) is 0 Å². The number of fused-ring (bicyclic) bond motifs is 1. The monoisotopic (exact) mass is 333 g/mol. The van der Waals surface area contributed by atoms with Gasteiger partial charge in [0.1, 0.15) is 0 Å². The Labute approximate surface area is 148 Å². The topological polar surface area (TPSA) is 50.2 Å². The Morgan fingerprint density at radius 1 is 1.00 bits per heavy atom. The molecule has 128 valence electrons. The largest absolute Gasteiger partial charge is 0.478 e. The van der Waals surface area contributed by atoms with E-state index < -0.39 is 5.97 Å². The quantitative estimate of drug-likeness (QED) is 0.672. The van der Waals surface area contributed by atoms with Crippen molar-refractivity contribution in [2.45, 2.75) is 40.0 Å². The molecule has 2 aromatic carbocycles. The van der Waals surface area contributed by atoms with Gasteiger partial charge < -0.3 is 5.11 Å². The van der Waals surface area contributed by atoms with Gasteiger partial charge in [0.25, 0.3) is 0 Å². The summed E-state index contributed by atoms with van der Waals surface area (Å²) in [6, 6.07) is 14.0. The van der Waals surface area contributed by atoms with Gasteiger partial charge in [0, 0.05) is 10.9 Å². The summed E-state index contributed by atoms with van der Waals surface area (Å²) < 4.78 is 0. The molecule has 0 radical (unpaired) electrons. The Balaban J connectivity index is 2.25. The zero-order valence-electron chi connectivity index (χ0n) is 15.3. The second-order valence-electron chi connectivity index (χ2n) is 7.61. The maximum Gasteiger partial charge on any atom is 0.336 e. The Morgan fingerprint density at radius 3 is 2.20 bits per heavy atom. The molecule has 3 nitrogen and oxygen atoms in total. The molecule has 3 aromatic rings. The number of aryl methyl sites for hydroxylation is 1. The summed E-state index contributed by atoms with van der Waals surface area (Å²) in [4.78, 5) is 16.6. The van der Waals surface area contributed by atoms with Gasteiger partial charge >= 0.3 is 5.97 Å². The van der Waals surface area contributed by atoms with Gasteiger partial charge in [0.2, 0.25) is 0 Å². The van der Waals surface area contributed by atoms with Crippen molar-refractivity contribution in [3.8, 4) is 11.3 Å². The van der Waals surface area contributed by atoms with Crippen LogP contribution >= 0.6 is 0 Å². The molecule has 0 fully saturated rings. The summed E-state index contributed by atoms with van der Waals surface area (Å²) in [6.07, 6.45) is 0. The summed E-state index contributed by atoms with van der Waals surface area (Å²) >= 11 is 0. The van der Waals surface area contributed by atoms with E-state index in [0.717, 1.165) is 16.8 Å². The van der Waals surface area contributed by atoms with Crippen LogP contribution in [0.25, 0.3) is 22.2 Å². The molecule has 0 aliphatic rings. The summed E-state index contributed by atoms with van der Waals surface area (Å²) in [5.74, 6) is -0.914. The Hall–Kier alpha value is -2.68. The number of carbonyl (C=O) groups is 1. The first kappa shape index (κ1) is 17.2. The molecule has 1 N–H and O–H groups in total. The van der Waals surface area contributed by atoms with E-state index in [1.165, 1.54) is 5.56 Å². The van der Waals surface area contributed by atoms with Crippen molar-refractivity contribution in [2.75, 3.05) is 0 Å². The highest BCUT2D eigenvalue weighted by Crippen LogP contribution is 2.31. The average Bonchev–Trinajstić information content (AvgIpc) is 2.53. The zero-order valence-corrected chi connectivity index (χ0v) is 15.3. The van der Waals surface area contributed by atoms with Gasteiger partial charge in [0.05, 0.1) is 16.8 Å². The van der Waals surface area contributed by atoms with Crippen LogP contribution in [0.5, 0.6) is 0 Å². The van der Waals surface area contributed by atoms with Crippen LogP contribution in [0.15, 0.2) is 42.5 Å². The lowest BCUT2D eigenvalue weighted by atomic mass is 9.86. The van der Waals surface area contributed by atoms with E-state index in [1.807, 2.05) is 44.2 Å². The second kappa shape index (κ2) is 5.99. The van der Waals surface area contributed by atoms with Crippen LogP contribution in [0.1, 0.15) is 47.8 Å². The van der Waals surface area contributed by atoms with Crippen molar-refractivity contribution >= 4 is 16.9 Å². The van der Waals surface area contributed by atoms with Crippen LogP contribution in [-0.4, -0.2) is 16.1 Å².